The lowest BCUT2D eigenvalue weighted by Crippen LogP contribution is -2.46. The number of nitrogens with zero attached hydrogens (tertiary/aromatic N) is 2. The van der Waals surface area contributed by atoms with Crippen molar-refractivity contribution in [1.29, 1.82) is 0 Å². The van der Waals surface area contributed by atoms with Gasteiger partial charge in [-0.1, -0.05) is 6.92 Å². The van der Waals surface area contributed by atoms with Crippen LogP contribution in [-0.4, -0.2) is 42.0 Å². The Balaban J connectivity index is 2.57. The molecule has 6 nitrogen and oxygen atoms in total. The Labute approximate surface area is 109 Å². The smallest absolute Gasteiger partial charge is 0.381 e. The number of hydrogen-bond donors (Lipinski definition) is 1. The van der Waals surface area contributed by atoms with Crippen molar-refractivity contribution in [2.24, 2.45) is 16.8 Å². The summed E-state index contributed by atoms with van der Waals surface area (Å²) < 4.78 is 3.06. The summed E-state index contributed by atoms with van der Waals surface area (Å²) in [7, 11) is 1.40. The molecule has 0 radical (unpaired) electrons. The second-order valence-corrected chi connectivity index (χ2v) is 5.31. The van der Waals surface area contributed by atoms with Crippen LogP contribution in [0.2, 0.25) is 0 Å². The van der Waals surface area contributed by atoms with Gasteiger partial charge in [0.25, 0.3) is 0 Å². The topological polar surface area (TPSA) is 76.8 Å². The predicted molar refractivity (Wildman–Crippen MR) is 66.3 cm³/mol. The standard InChI is InChI=1S/C9H15Cl2N3O3/c1-6-4-17-5-7(6)3-13-8(12-2)9(10,11)14(15)16/h6-7H,3-5H2,1-2H3,(H,12,13). The van der Waals surface area contributed by atoms with Crippen LogP contribution in [0.3, 0.4) is 0 Å². The molecule has 1 rings (SSSR count). The van der Waals surface area contributed by atoms with Gasteiger partial charge in [0.2, 0.25) is 5.84 Å². The molecule has 0 bridgehead atoms. The molecule has 1 aliphatic heterocycles. The molecule has 0 spiro atoms. The first-order valence-corrected chi connectivity index (χ1v) is 5.96. The monoisotopic (exact) mass is 283 g/mol. The van der Waals surface area contributed by atoms with Crippen molar-refractivity contribution in [1.82, 2.24) is 5.32 Å². The number of aliphatic imine (C=N–C) groups is 1. The maximum Gasteiger partial charge on any atom is 0.427 e. The molecule has 0 aliphatic carbocycles. The van der Waals surface area contributed by atoms with Gasteiger partial charge in [0.1, 0.15) is 0 Å². The van der Waals surface area contributed by atoms with Crippen LogP contribution in [0, 0.1) is 22.0 Å². The van der Waals surface area contributed by atoms with Crippen LogP contribution < -0.4 is 5.32 Å². The Kier molecular flexibility index (Phi) is 4.97. The quantitative estimate of drug-likeness (QED) is 0.211. The third kappa shape index (κ3) is 3.43. The van der Waals surface area contributed by atoms with Gasteiger partial charge >= 0.3 is 4.46 Å². The van der Waals surface area contributed by atoms with E-state index in [0.29, 0.717) is 25.7 Å². The number of hydrogen-bond acceptors (Lipinski definition) is 4. The van der Waals surface area contributed by atoms with Gasteiger partial charge in [0, 0.05) is 26.1 Å². The van der Waals surface area contributed by atoms with E-state index in [2.05, 4.69) is 17.2 Å². The molecule has 2 atom stereocenters. The van der Waals surface area contributed by atoms with E-state index in [1.165, 1.54) is 7.05 Å². The van der Waals surface area contributed by atoms with Gasteiger partial charge < -0.3 is 10.1 Å². The average Bonchev–Trinajstić information content (AvgIpc) is 2.64. The van der Waals surface area contributed by atoms with Crippen LogP contribution in [0.25, 0.3) is 0 Å². The lowest BCUT2D eigenvalue weighted by Gasteiger charge is -2.18. The molecule has 1 heterocycles. The summed E-state index contributed by atoms with van der Waals surface area (Å²) in [6.07, 6.45) is 0. The molecule has 0 aromatic heterocycles. The molecule has 2 unspecified atom stereocenters. The maximum absolute atomic E-state index is 10.7. The van der Waals surface area contributed by atoms with E-state index in [0.717, 1.165) is 0 Å². The SMILES string of the molecule is CN=C(NCC1COCC1C)C(Cl)(Cl)[N+](=O)[O-]. The average molecular weight is 284 g/mol. The van der Waals surface area contributed by atoms with Crippen molar-refractivity contribution >= 4 is 29.0 Å². The molecule has 1 saturated heterocycles. The molecular formula is C9H15Cl2N3O3. The summed E-state index contributed by atoms with van der Waals surface area (Å²) in [5, 5.41) is 13.5. The number of nitrogens with one attached hydrogen (secondary N) is 1. The Morgan fingerprint density at radius 2 is 2.29 bits per heavy atom. The first-order chi connectivity index (χ1) is 7.89. The Morgan fingerprint density at radius 3 is 2.71 bits per heavy atom. The highest BCUT2D eigenvalue weighted by atomic mass is 35.5. The second-order valence-electron chi connectivity index (χ2n) is 4.03. The fraction of sp³-hybridized carbons (Fsp3) is 0.889. The van der Waals surface area contributed by atoms with Gasteiger partial charge in [-0.15, -0.1) is 0 Å². The summed E-state index contributed by atoms with van der Waals surface area (Å²) in [5.41, 5.74) is 0. The Bertz CT molecular complexity index is 323. The molecule has 0 amide bonds. The maximum atomic E-state index is 10.7. The van der Waals surface area contributed by atoms with Crippen molar-refractivity contribution in [3.63, 3.8) is 0 Å². The van der Waals surface area contributed by atoms with Crippen LogP contribution in [0.4, 0.5) is 0 Å². The predicted octanol–water partition coefficient (Wildman–Crippen LogP) is 1.29. The van der Waals surface area contributed by atoms with Crippen LogP contribution in [0.1, 0.15) is 6.92 Å². The number of halogens is 2. The minimum absolute atomic E-state index is 0.0510. The molecule has 1 N–H and O–H groups in total. The lowest BCUT2D eigenvalue weighted by molar-refractivity contribution is -0.497. The number of amidine groups is 1. The highest BCUT2D eigenvalue weighted by Crippen LogP contribution is 2.24. The highest BCUT2D eigenvalue weighted by Gasteiger charge is 2.45. The molecule has 8 heteroatoms. The second kappa shape index (κ2) is 5.84. The van der Waals surface area contributed by atoms with Crippen LogP contribution >= 0.6 is 23.2 Å². The van der Waals surface area contributed by atoms with E-state index in [9.17, 15) is 10.1 Å². The van der Waals surface area contributed by atoms with Crippen molar-refractivity contribution in [2.75, 3.05) is 26.8 Å². The van der Waals surface area contributed by atoms with Crippen LogP contribution in [0.15, 0.2) is 4.99 Å². The minimum atomic E-state index is -2.22. The number of nitro groups is 1. The largest absolute Gasteiger partial charge is 0.427 e. The van der Waals surface area contributed by atoms with Crippen molar-refractivity contribution in [2.45, 2.75) is 11.4 Å². The van der Waals surface area contributed by atoms with E-state index < -0.39 is 9.38 Å². The van der Waals surface area contributed by atoms with E-state index in [1.54, 1.807) is 0 Å². The van der Waals surface area contributed by atoms with Crippen LogP contribution in [-0.2, 0) is 4.74 Å². The van der Waals surface area contributed by atoms with Gasteiger partial charge in [-0.05, 0) is 29.1 Å². The lowest BCUT2D eigenvalue weighted by atomic mass is 9.98. The number of alkyl halides is 2. The summed E-state index contributed by atoms with van der Waals surface area (Å²) in [5.74, 6) is 0.629. The third-order valence-electron chi connectivity index (χ3n) is 2.79. The number of rotatable bonds is 4. The summed E-state index contributed by atoms with van der Waals surface area (Å²) >= 11 is 11.2. The van der Waals surface area contributed by atoms with E-state index in [4.69, 9.17) is 27.9 Å². The Morgan fingerprint density at radius 1 is 1.65 bits per heavy atom. The zero-order chi connectivity index (χ0) is 13.1. The van der Waals surface area contributed by atoms with E-state index >= 15 is 0 Å². The molecular weight excluding hydrogens is 269 g/mol. The van der Waals surface area contributed by atoms with E-state index in [-0.39, 0.29) is 11.8 Å². The molecule has 98 valence electrons. The van der Waals surface area contributed by atoms with Gasteiger partial charge in [0.05, 0.1) is 11.5 Å². The summed E-state index contributed by atoms with van der Waals surface area (Å²) in [6.45, 7) is 3.89. The third-order valence-corrected chi connectivity index (χ3v) is 3.42. The normalized spacial score (nSPS) is 26.0. The summed E-state index contributed by atoms with van der Waals surface area (Å²) in [4.78, 5) is 13.6. The molecule has 0 aromatic rings. The minimum Gasteiger partial charge on any atom is -0.381 e. The first-order valence-electron chi connectivity index (χ1n) is 5.20. The van der Waals surface area contributed by atoms with Gasteiger partial charge in [-0.3, -0.25) is 15.1 Å². The van der Waals surface area contributed by atoms with E-state index in [1.807, 2.05) is 0 Å². The van der Waals surface area contributed by atoms with Crippen molar-refractivity contribution in [3.05, 3.63) is 10.1 Å². The highest BCUT2D eigenvalue weighted by molar-refractivity contribution is 6.57. The van der Waals surface area contributed by atoms with Gasteiger partial charge in [-0.2, -0.15) is 0 Å². The molecule has 0 saturated carbocycles. The van der Waals surface area contributed by atoms with Gasteiger partial charge in [0.15, 0.2) is 0 Å². The Hall–Kier alpha value is -0.590. The first kappa shape index (κ1) is 14.5. The van der Waals surface area contributed by atoms with Crippen molar-refractivity contribution < 1.29 is 9.66 Å². The molecule has 1 aliphatic rings. The fourth-order valence-corrected chi connectivity index (χ4v) is 1.90. The molecule has 0 aromatic carbocycles. The fourth-order valence-electron chi connectivity index (χ4n) is 1.60. The zero-order valence-electron chi connectivity index (χ0n) is 9.65. The van der Waals surface area contributed by atoms with Gasteiger partial charge in [-0.25, -0.2) is 0 Å². The summed E-state index contributed by atoms with van der Waals surface area (Å²) in [6, 6.07) is 0. The van der Waals surface area contributed by atoms with Crippen LogP contribution in [0.5, 0.6) is 0 Å². The number of ether oxygens (including phenoxy) is 1. The molecule has 1 fully saturated rings. The zero-order valence-corrected chi connectivity index (χ0v) is 11.2. The van der Waals surface area contributed by atoms with Crippen molar-refractivity contribution in [3.8, 4) is 0 Å². The molecule has 17 heavy (non-hydrogen) atoms.